The van der Waals surface area contributed by atoms with Crippen LogP contribution in [-0.4, -0.2) is 29.4 Å². The number of rotatable bonds is 6. The highest BCUT2D eigenvalue weighted by Gasteiger charge is 2.14. The van der Waals surface area contributed by atoms with Crippen LogP contribution in [0.5, 0.6) is 0 Å². The van der Waals surface area contributed by atoms with Crippen molar-refractivity contribution >= 4 is 29.3 Å². The van der Waals surface area contributed by atoms with Crippen LogP contribution < -0.4 is 10.6 Å². The van der Waals surface area contributed by atoms with Crippen molar-refractivity contribution in [3.8, 4) is 0 Å². The Labute approximate surface area is 142 Å². The third-order valence-electron chi connectivity index (χ3n) is 4.02. The van der Waals surface area contributed by atoms with Gasteiger partial charge in [0.05, 0.1) is 11.5 Å². The van der Waals surface area contributed by atoms with Crippen LogP contribution in [0, 0.1) is 6.92 Å². The van der Waals surface area contributed by atoms with Crippen LogP contribution in [0.4, 0.5) is 5.69 Å². The normalized spacial score (nSPS) is 15.7. The van der Waals surface area contributed by atoms with Gasteiger partial charge in [-0.25, -0.2) is 0 Å². The SMILES string of the molecule is Cc1ccc(NC(=O)CSCC(=O)NC2CCCCCC2)cc1. The average Bonchev–Trinajstić information content (AvgIpc) is 2.78. The summed E-state index contributed by atoms with van der Waals surface area (Å²) in [7, 11) is 0. The van der Waals surface area contributed by atoms with E-state index in [2.05, 4.69) is 10.6 Å². The van der Waals surface area contributed by atoms with Gasteiger partial charge >= 0.3 is 0 Å². The molecule has 0 spiro atoms. The van der Waals surface area contributed by atoms with E-state index in [4.69, 9.17) is 0 Å². The minimum atomic E-state index is -0.0684. The van der Waals surface area contributed by atoms with Crippen LogP contribution in [0.3, 0.4) is 0 Å². The highest BCUT2D eigenvalue weighted by Crippen LogP contribution is 2.17. The molecule has 1 aromatic rings. The van der Waals surface area contributed by atoms with Gasteiger partial charge in [0.25, 0.3) is 0 Å². The lowest BCUT2D eigenvalue weighted by Crippen LogP contribution is -2.35. The monoisotopic (exact) mass is 334 g/mol. The van der Waals surface area contributed by atoms with E-state index in [1.807, 2.05) is 31.2 Å². The fourth-order valence-electron chi connectivity index (χ4n) is 2.76. The van der Waals surface area contributed by atoms with Gasteiger partial charge in [0, 0.05) is 11.7 Å². The number of carbonyl (C=O) groups is 2. The first-order chi connectivity index (χ1) is 11.1. The molecule has 1 aliphatic carbocycles. The summed E-state index contributed by atoms with van der Waals surface area (Å²) in [5, 5.41) is 5.94. The van der Waals surface area contributed by atoms with E-state index in [9.17, 15) is 9.59 Å². The summed E-state index contributed by atoms with van der Waals surface area (Å²) in [6.07, 6.45) is 7.14. The summed E-state index contributed by atoms with van der Waals surface area (Å²) in [4.78, 5) is 23.8. The molecule has 0 aromatic heterocycles. The van der Waals surface area contributed by atoms with Gasteiger partial charge in [0.1, 0.15) is 0 Å². The number of nitrogens with one attached hydrogen (secondary N) is 2. The van der Waals surface area contributed by atoms with Crippen molar-refractivity contribution in [2.45, 2.75) is 51.5 Å². The quantitative estimate of drug-likeness (QED) is 0.783. The van der Waals surface area contributed by atoms with Crippen molar-refractivity contribution in [2.75, 3.05) is 16.8 Å². The molecule has 1 aliphatic rings. The first-order valence-electron chi connectivity index (χ1n) is 8.37. The van der Waals surface area contributed by atoms with E-state index in [1.165, 1.54) is 37.4 Å². The number of benzene rings is 1. The Morgan fingerprint density at radius 2 is 1.61 bits per heavy atom. The van der Waals surface area contributed by atoms with Gasteiger partial charge in [-0.1, -0.05) is 43.4 Å². The molecule has 4 nitrogen and oxygen atoms in total. The van der Waals surface area contributed by atoms with E-state index >= 15 is 0 Å². The molecule has 2 amide bonds. The summed E-state index contributed by atoms with van der Waals surface area (Å²) >= 11 is 1.36. The molecule has 0 saturated heterocycles. The molecule has 1 fully saturated rings. The van der Waals surface area contributed by atoms with Gasteiger partial charge in [-0.3, -0.25) is 9.59 Å². The maximum Gasteiger partial charge on any atom is 0.234 e. The third kappa shape index (κ3) is 7.08. The van der Waals surface area contributed by atoms with Crippen molar-refractivity contribution in [1.29, 1.82) is 0 Å². The molecule has 5 heteroatoms. The van der Waals surface area contributed by atoms with E-state index in [1.54, 1.807) is 0 Å². The second-order valence-corrected chi connectivity index (χ2v) is 7.15. The number of amides is 2. The Hall–Kier alpha value is -1.49. The maximum atomic E-state index is 11.9. The second-order valence-electron chi connectivity index (χ2n) is 6.16. The highest BCUT2D eigenvalue weighted by atomic mass is 32.2. The second kappa shape index (κ2) is 9.60. The van der Waals surface area contributed by atoms with Crippen LogP contribution >= 0.6 is 11.8 Å². The lowest BCUT2D eigenvalue weighted by molar-refractivity contribution is -0.119. The van der Waals surface area contributed by atoms with Crippen LogP contribution in [-0.2, 0) is 9.59 Å². The molecular formula is C18H26N2O2S. The Kier molecular flexibility index (Phi) is 7.46. The predicted octanol–water partition coefficient (Wildman–Crippen LogP) is 3.51. The molecular weight excluding hydrogens is 308 g/mol. The van der Waals surface area contributed by atoms with Crippen molar-refractivity contribution in [3.05, 3.63) is 29.8 Å². The molecule has 0 bridgehead atoms. The van der Waals surface area contributed by atoms with Gasteiger partial charge in [0.15, 0.2) is 0 Å². The summed E-state index contributed by atoms with van der Waals surface area (Å²) < 4.78 is 0. The summed E-state index contributed by atoms with van der Waals surface area (Å²) in [6, 6.07) is 8.02. The molecule has 0 radical (unpaired) electrons. The zero-order valence-electron chi connectivity index (χ0n) is 13.8. The summed E-state index contributed by atoms with van der Waals surface area (Å²) in [5.74, 6) is 0.621. The van der Waals surface area contributed by atoms with Gasteiger partial charge in [-0.05, 0) is 31.9 Å². The Morgan fingerprint density at radius 1 is 1.00 bits per heavy atom. The number of thioether (sulfide) groups is 1. The molecule has 2 rings (SSSR count). The van der Waals surface area contributed by atoms with E-state index in [0.29, 0.717) is 17.5 Å². The molecule has 0 atom stereocenters. The van der Waals surface area contributed by atoms with Gasteiger partial charge < -0.3 is 10.6 Å². The average molecular weight is 334 g/mol. The van der Waals surface area contributed by atoms with Gasteiger partial charge in [0.2, 0.25) is 11.8 Å². The van der Waals surface area contributed by atoms with Crippen molar-refractivity contribution in [2.24, 2.45) is 0 Å². The number of carbonyl (C=O) groups excluding carboxylic acids is 2. The topological polar surface area (TPSA) is 58.2 Å². The molecule has 0 aliphatic heterocycles. The maximum absolute atomic E-state index is 11.9. The van der Waals surface area contributed by atoms with Gasteiger partial charge in [-0.15, -0.1) is 11.8 Å². The highest BCUT2D eigenvalue weighted by molar-refractivity contribution is 8.00. The molecule has 2 N–H and O–H groups in total. The minimum absolute atomic E-state index is 0.0463. The lowest BCUT2D eigenvalue weighted by atomic mass is 10.1. The standard InChI is InChI=1S/C18H26N2O2S/c1-14-8-10-16(11-9-14)20-18(22)13-23-12-17(21)19-15-6-4-2-3-5-7-15/h8-11,15H,2-7,12-13H2,1H3,(H,19,21)(H,20,22). The minimum Gasteiger partial charge on any atom is -0.353 e. The number of anilines is 1. The zero-order valence-corrected chi connectivity index (χ0v) is 14.6. The molecule has 0 unspecified atom stereocenters. The zero-order chi connectivity index (χ0) is 16.5. The fraction of sp³-hybridized carbons (Fsp3) is 0.556. The molecule has 1 aromatic carbocycles. The summed E-state index contributed by atoms with van der Waals surface area (Å²) in [6.45, 7) is 2.01. The van der Waals surface area contributed by atoms with Crippen LogP contribution in [0.1, 0.15) is 44.1 Å². The third-order valence-corrected chi connectivity index (χ3v) is 4.95. The molecule has 0 heterocycles. The number of aryl methyl sites for hydroxylation is 1. The smallest absolute Gasteiger partial charge is 0.234 e. The fourth-order valence-corrected chi connectivity index (χ4v) is 3.39. The lowest BCUT2D eigenvalue weighted by Gasteiger charge is -2.15. The molecule has 1 saturated carbocycles. The Balaban J connectivity index is 1.62. The van der Waals surface area contributed by atoms with Crippen LogP contribution in [0.2, 0.25) is 0 Å². The van der Waals surface area contributed by atoms with E-state index < -0.39 is 0 Å². The Bertz CT molecular complexity index is 508. The predicted molar refractivity (Wildman–Crippen MR) is 96.8 cm³/mol. The summed E-state index contributed by atoms with van der Waals surface area (Å²) in [5.41, 5.74) is 1.96. The van der Waals surface area contributed by atoms with Crippen molar-refractivity contribution < 1.29 is 9.59 Å². The van der Waals surface area contributed by atoms with Gasteiger partial charge in [-0.2, -0.15) is 0 Å². The van der Waals surface area contributed by atoms with Crippen LogP contribution in [0.25, 0.3) is 0 Å². The first-order valence-corrected chi connectivity index (χ1v) is 9.52. The van der Waals surface area contributed by atoms with E-state index in [0.717, 1.165) is 24.1 Å². The van der Waals surface area contributed by atoms with Crippen molar-refractivity contribution in [3.63, 3.8) is 0 Å². The molecule has 23 heavy (non-hydrogen) atoms. The van der Waals surface area contributed by atoms with Crippen LogP contribution in [0.15, 0.2) is 24.3 Å². The molecule has 126 valence electrons. The first kappa shape index (κ1) is 17.9. The number of hydrogen-bond acceptors (Lipinski definition) is 3. The van der Waals surface area contributed by atoms with E-state index in [-0.39, 0.29) is 11.8 Å². The largest absolute Gasteiger partial charge is 0.353 e. The Morgan fingerprint density at radius 3 is 2.26 bits per heavy atom. The number of hydrogen-bond donors (Lipinski definition) is 2. The van der Waals surface area contributed by atoms with Crippen molar-refractivity contribution in [1.82, 2.24) is 5.32 Å².